The SMILES string of the molecule is CCCC(CCl)CCS(=O)(=O)CCC. The van der Waals surface area contributed by atoms with E-state index in [0.29, 0.717) is 29.7 Å². The predicted molar refractivity (Wildman–Crippen MR) is 62.7 cm³/mol. The highest BCUT2D eigenvalue weighted by Crippen LogP contribution is 2.14. The molecule has 0 spiro atoms. The minimum absolute atomic E-state index is 0.304. The summed E-state index contributed by atoms with van der Waals surface area (Å²) in [7, 11) is -2.81. The first-order valence-corrected chi connectivity index (χ1v) is 7.67. The molecule has 0 aromatic heterocycles. The first-order chi connectivity index (χ1) is 6.55. The van der Waals surface area contributed by atoms with Crippen LogP contribution in [0.5, 0.6) is 0 Å². The van der Waals surface area contributed by atoms with E-state index in [9.17, 15) is 8.42 Å². The second-order valence-corrected chi connectivity index (χ2v) is 6.36. The zero-order valence-electron chi connectivity index (χ0n) is 9.13. The summed E-state index contributed by atoms with van der Waals surface area (Å²) in [6.45, 7) is 3.99. The molecule has 0 rings (SSSR count). The smallest absolute Gasteiger partial charge is 0.150 e. The fraction of sp³-hybridized carbons (Fsp3) is 1.00. The van der Waals surface area contributed by atoms with E-state index in [0.717, 1.165) is 19.3 Å². The van der Waals surface area contributed by atoms with Gasteiger partial charge in [-0.25, -0.2) is 8.42 Å². The highest BCUT2D eigenvalue weighted by Gasteiger charge is 2.13. The molecule has 1 unspecified atom stereocenters. The van der Waals surface area contributed by atoms with Gasteiger partial charge in [-0.2, -0.15) is 0 Å². The van der Waals surface area contributed by atoms with Crippen molar-refractivity contribution in [3.8, 4) is 0 Å². The number of halogens is 1. The molecule has 0 aliphatic carbocycles. The molecule has 0 fully saturated rings. The minimum Gasteiger partial charge on any atom is -0.229 e. The lowest BCUT2D eigenvalue weighted by Gasteiger charge is -2.12. The molecule has 0 saturated carbocycles. The zero-order valence-corrected chi connectivity index (χ0v) is 10.7. The van der Waals surface area contributed by atoms with Crippen molar-refractivity contribution >= 4 is 21.4 Å². The van der Waals surface area contributed by atoms with Crippen LogP contribution in [0.15, 0.2) is 0 Å². The Morgan fingerprint density at radius 1 is 1.07 bits per heavy atom. The molecule has 0 aromatic rings. The van der Waals surface area contributed by atoms with Crippen molar-refractivity contribution < 1.29 is 8.42 Å². The van der Waals surface area contributed by atoms with Gasteiger partial charge in [-0.3, -0.25) is 0 Å². The Hall–Kier alpha value is 0.240. The van der Waals surface area contributed by atoms with Gasteiger partial charge in [0.1, 0.15) is 9.84 Å². The van der Waals surface area contributed by atoms with Gasteiger partial charge in [-0.1, -0.05) is 20.3 Å². The number of sulfone groups is 1. The van der Waals surface area contributed by atoms with Crippen LogP contribution in [0.1, 0.15) is 39.5 Å². The first-order valence-electron chi connectivity index (χ1n) is 5.32. The summed E-state index contributed by atoms with van der Waals surface area (Å²) in [5.41, 5.74) is 0. The van der Waals surface area contributed by atoms with Crippen molar-refractivity contribution in [3.63, 3.8) is 0 Å². The van der Waals surface area contributed by atoms with E-state index in [1.165, 1.54) is 0 Å². The Balaban J connectivity index is 3.89. The van der Waals surface area contributed by atoms with Crippen LogP contribution in [-0.4, -0.2) is 25.8 Å². The fourth-order valence-corrected chi connectivity index (χ4v) is 3.29. The Morgan fingerprint density at radius 2 is 1.71 bits per heavy atom. The Bertz CT molecular complexity index is 224. The number of alkyl halides is 1. The number of hydrogen-bond acceptors (Lipinski definition) is 2. The molecule has 4 heteroatoms. The lowest BCUT2D eigenvalue weighted by Crippen LogP contribution is -2.15. The molecule has 0 radical (unpaired) electrons. The largest absolute Gasteiger partial charge is 0.229 e. The quantitative estimate of drug-likeness (QED) is 0.612. The molecular weight excluding hydrogens is 220 g/mol. The summed E-state index contributed by atoms with van der Waals surface area (Å²) in [6, 6.07) is 0. The maximum atomic E-state index is 11.4. The molecule has 2 nitrogen and oxygen atoms in total. The summed E-state index contributed by atoms with van der Waals surface area (Å²) in [4.78, 5) is 0. The van der Waals surface area contributed by atoms with Gasteiger partial charge in [0.2, 0.25) is 0 Å². The molecule has 0 aliphatic heterocycles. The molecule has 0 bridgehead atoms. The van der Waals surface area contributed by atoms with Crippen molar-refractivity contribution in [2.45, 2.75) is 39.5 Å². The second kappa shape index (κ2) is 7.52. The molecule has 14 heavy (non-hydrogen) atoms. The van der Waals surface area contributed by atoms with Gasteiger partial charge in [0.05, 0.1) is 5.75 Å². The van der Waals surface area contributed by atoms with E-state index in [-0.39, 0.29) is 0 Å². The van der Waals surface area contributed by atoms with Gasteiger partial charge in [-0.15, -0.1) is 11.6 Å². The van der Waals surface area contributed by atoms with Crippen molar-refractivity contribution in [2.75, 3.05) is 17.4 Å². The monoisotopic (exact) mass is 240 g/mol. The van der Waals surface area contributed by atoms with Crippen LogP contribution >= 0.6 is 11.6 Å². The average Bonchev–Trinajstić information content (AvgIpc) is 2.12. The molecule has 1 atom stereocenters. The summed E-state index contributed by atoms with van der Waals surface area (Å²) in [6.07, 6.45) is 3.54. The van der Waals surface area contributed by atoms with Gasteiger partial charge in [0.25, 0.3) is 0 Å². The third kappa shape index (κ3) is 6.66. The molecule has 0 aliphatic rings. The normalized spacial score (nSPS) is 14.2. The summed E-state index contributed by atoms with van der Waals surface area (Å²) < 4.78 is 22.8. The van der Waals surface area contributed by atoms with Gasteiger partial charge in [-0.05, 0) is 25.2 Å². The van der Waals surface area contributed by atoms with Crippen LogP contribution in [0.2, 0.25) is 0 Å². The third-order valence-electron chi connectivity index (χ3n) is 2.27. The molecule has 86 valence electrons. The Labute approximate surface area is 93.0 Å². The first kappa shape index (κ1) is 14.2. The lowest BCUT2D eigenvalue weighted by atomic mass is 10.0. The maximum absolute atomic E-state index is 11.4. The minimum atomic E-state index is -2.81. The van der Waals surface area contributed by atoms with Gasteiger partial charge in [0.15, 0.2) is 0 Å². The molecule has 0 amide bonds. The van der Waals surface area contributed by atoms with Gasteiger partial charge < -0.3 is 0 Å². The van der Waals surface area contributed by atoms with Gasteiger partial charge >= 0.3 is 0 Å². The zero-order chi connectivity index (χ0) is 11.0. The van der Waals surface area contributed by atoms with Crippen LogP contribution in [-0.2, 0) is 9.84 Å². The van der Waals surface area contributed by atoms with Crippen molar-refractivity contribution in [1.29, 1.82) is 0 Å². The van der Waals surface area contributed by atoms with Gasteiger partial charge in [0, 0.05) is 11.6 Å². The van der Waals surface area contributed by atoms with Crippen molar-refractivity contribution in [1.82, 2.24) is 0 Å². The molecule has 0 aromatic carbocycles. The molecule has 0 heterocycles. The van der Waals surface area contributed by atoms with E-state index in [1.807, 2.05) is 6.92 Å². The van der Waals surface area contributed by atoms with Crippen molar-refractivity contribution in [2.24, 2.45) is 5.92 Å². The van der Waals surface area contributed by atoms with E-state index >= 15 is 0 Å². The maximum Gasteiger partial charge on any atom is 0.150 e. The van der Waals surface area contributed by atoms with Crippen LogP contribution in [0, 0.1) is 5.92 Å². The molecule has 0 saturated heterocycles. The summed E-state index contributed by atoms with van der Waals surface area (Å²) in [5.74, 6) is 1.57. The topological polar surface area (TPSA) is 34.1 Å². The van der Waals surface area contributed by atoms with Crippen molar-refractivity contribution in [3.05, 3.63) is 0 Å². The number of rotatable bonds is 8. The van der Waals surface area contributed by atoms with E-state index in [2.05, 4.69) is 6.92 Å². The van der Waals surface area contributed by atoms with Crippen LogP contribution in [0.3, 0.4) is 0 Å². The van der Waals surface area contributed by atoms with E-state index < -0.39 is 9.84 Å². The van der Waals surface area contributed by atoms with E-state index in [4.69, 9.17) is 11.6 Å². The second-order valence-electron chi connectivity index (χ2n) is 3.75. The highest BCUT2D eigenvalue weighted by molar-refractivity contribution is 7.91. The summed E-state index contributed by atoms with van der Waals surface area (Å²) in [5, 5.41) is 0. The predicted octanol–water partition coefficient (Wildman–Crippen LogP) is 2.86. The highest BCUT2D eigenvalue weighted by atomic mass is 35.5. The fourth-order valence-electron chi connectivity index (χ4n) is 1.47. The molecule has 0 N–H and O–H groups in total. The standard InChI is InChI=1S/C10H21ClO2S/c1-3-5-10(9-11)6-8-14(12,13)7-4-2/h10H,3-9H2,1-2H3. The Morgan fingerprint density at radius 3 is 2.14 bits per heavy atom. The van der Waals surface area contributed by atoms with Crippen LogP contribution < -0.4 is 0 Å². The average molecular weight is 241 g/mol. The third-order valence-corrected chi connectivity index (χ3v) is 4.59. The lowest BCUT2D eigenvalue weighted by molar-refractivity contribution is 0.508. The molecular formula is C10H21ClO2S. The van der Waals surface area contributed by atoms with E-state index in [1.54, 1.807) is 0 Å². The van der Waals surface area contributed by atoms with Crippen LogP contribution in [0.4, 0.5) is 0 Å². The summed E-state index contributed by atoms with van der Waals surface area (Å²) >= 11 is 5.76. The Kier molecular flexibility index (Phi) is 7.65. The number of hydrogen-bond donors (Lipinski definition) is 0. The van der Waals surface area contributed by atoms with Crippen LogP contribution in [0.25, 0.3) is 0 Å².